The molecule has 1 aliphatic heterocycles. The molecule has 3 aromatic heterocycles. The second kappa shape index (κ2) is 18.0. The zero-order valence-electron chi connectivity index (χ0n) is 39.2. The quantitative estimate of drug-likeness (QED) is 0.0643. The highest BCUT2D eigenvalue weighted by Gasteiger charge is 2.55. The first-order valence-electron chi connectivity index (χ1n) is 24.2. The highest BCUT2D eigenvalue weighted by Crippen LogP contribution is 2.51. The molecule has 10 rings (SSSR count). The number of aliphatic hydroxyl groups is 1. The lowest BCUT2D eigenvalue weighted by atomic mass is 9.61. The van der Waals surface area contributed by atoms with E-state index in [9.17, 15) is 15.0 Å². The zero-order chi connectivity index (χ0) is 45.8. The van der Waals surface area contributed by atoms with Gasteiger partial charge in [-0.25, -0.2) is 9.48 Å². The van der Waals surface area contributed by atoms with Gasteiger partial charge in [-0.2, -0.15) is 0 Å². The number of esters is 1. The summed E-state index contributed by atoms with van der Waals surface area (Å²) in [5.41, 5.74) is 9.41. The molecule has 2 fully saturated rings. The topological polar surface area (TPSA) is 122 Å². The van der Waals surface area contributed by atoms with Gasteiger partial charge in [0.25, 0.3) is 0 Å². The highest BCUT2D eigenvalue weighted by atomic mass is 32.1. The third kappa shape index (κ3) is 8.62. The highest BCUT2D eigenvalue weighted by molar-refractivity contribution is 7.16. The maximum Gasteiger partial charge on any atom is 0.349 e. The van der Waals surface area contributed by atoms with Crippen LogP contribution in [0.5, 0.6) is 5.75 Å². The van der Waals surface area contributed by atoms with E-state index < -0.39 is 19.9 Å². The van der Waals surface area contributed by atoms with Crippen molar-refractivity contribution in [3.05, 3.63) is 121 Å². The Morgan fingerprint density at radius 3 is 2.42 bits per heavy atom. The number of thiophene rings is 2. The number of hydrogen-bond acceptors (Lipinski definition) is 11. The Hall–Kier alpha value is -4.21. The summed E-state index contributed by atoms with van der Waals surface area (Å²) >= 11 is 2.81. The normalized spacial score (nSPS) is 18.7. The van der Waals surface area contributed by atoms with Crippen LogP contribution in [0.15, 0.2) is 78.2 Å². The fourth-order valence-corrected chi connectivity index (χ4v) is 14.3. The van der Waals surface area contributed by atoms with Gasteiger partial charge in [-0.3, -0.25) is 0 Å². The number of phenols is 1. The van der Waals surface area contributed by atoms with Crippen molar-refractivity contribution in [1.29, 1.82) is 0 Å². The van der Waals surface area contributed by atoms with E-state index in [2.05, 4.69) is 60.9 Å². The number of ether oxygens (including phenoxy) is 1. The fraction of sp³-hybridized carbons (Fsp3) is 0.491. The van der Waals surface area contributed by atoms with E-state index in [-0.39, 0.29) is 22.7 Å². The summed E-state index contributed by atoms with van der Waals surface area (Å²) in [7, 11) is -2.10. The van der Waals surface area contributed by atoms with E-state index in [4.69, 9.17) is 19.5 Å². The molecular weight excluding hydrogens is 879 g/mol. The van der Waals surface area contributed by atoms with Crippen LogP contribution < -0.4 is 5.32 Å². The van der Waals surface area contributed by atoms with Crippen LogP contribution in [0, 0.1) is 5.41 Å². The molecule has 1 saturated carbocycles. The van der Waals surface area contributed by atoms with Gasteiger partial charge in [-0.15, -0.1) is 27.8 Å². The van der Waals surface area contributed by atoms with Gasteiger partial charge in [0.05, 0.1) is 21.4 Å². The standard InChI is InChI=1S/C53H65N5O5S2Si/c1-51(2,3)66(4,5)63-45(41-21-22-44(59)40-17-10-9-16-39(40)41)32-54-31-36-28-43-49(42-19-11-18-38(36)42)58(56-55-43)26-13-25-57-33-52(34-57)29-37(30-52)62-50(60)53(61,47-20-12-27-64-47)48-24-23-46(65-48)35-14-7-6-8-15-35/h6-8,12,14-15,20-24,27-28,37,45,54,59,61H,9-11,13,16-19,25-26,29-34H2,1-5H3/t45?,53-/m1/s1. The van der Waals surface area contributed by atoms with Crippen LogP contribution in [0.4, 0.5) is 0 Å². The van der Waals surface area contributed by atoms with Gasteiger partial charge >= 0.3 is 5.97 Å². The number of carbonyl (C=O) groups excluding carboxylic acids is 1. The van der Waals surface area contributed by atoms with Gasteiger partial charge < -0.3 is 29.6 Å². The fourth-order valence-electron chi connectivity index (χ4n) is 11.0. The van der Waals surface area contributed by atoms with E-state index in [1.165, 1.54) is 56.0 Å². The lowest BCUT2D eigenvalue weighted by molar-refractivity contribution is -0.191. The van der Waals surface area contributed by atoms with Gasteiger partial charge in [0.1, 0.15) is 17.4 Å². The Balaban J connectivity index is 0.739. The first kappa shape index (κ1) is 45.6. The number of rotatable bonds is 16. The Morgan fingerprint density at radius 1 is 0.909 bits per heavy atom. The number of aromatic hydroxyl groups is 1. The molecule has 6 aromatic rings. The molecule has 4 heterocycles. The lowest BCUT2D eigenvalue weighted by Crippen LogP contribution is -2.64. The Kier molecular flexibility index (Phi) is 12.4. The molecule has 10 nitrogen and oxygen atoms in total. The first-order chi connectivity index (χ1) is 31.7. The number of phenolic OH excluding ortho intramolecular Hbond substituents is 1. The number of aryl methyl sites for hydroxylation is 2. The lowest BCUT2D eigenvalue weighted by Gasteiger charge is -2.58. The van der Waals surface area contributed by atoms with Crippen LogP contribution in [-0.2, 0) is 58.3 Å². The second-order valence-electron chi connectivity index (χ2n) is 21.1. The maximum absolute atomic E-state index is 13.9. The summed E-state index contributed by atoms with van der Waals surface area (Å²) in [5.74, 6) is -0.155. The van der Waals surface area contributed by atoms with Gasteiger partial charge in [-0.05, 0) is 164 Å². The summed E-state index contributed by atoms with van der Waals surface area (Å²) < 4.78 is 15.4. The molecule has 1 saturated heterocycles. The van der Waals surface area contributed by atoms with E-state index in [1.807, 2.05) is 66.0 Å². The number of benzene rings is 3. The Morgan fingerprint density at radius 2 is 1.67 bits per heavy atom. The molecule has 3 aromatic carbocycles. The maximum atomic E-state index is 13.9. The SMILES string of the molecule is CC(C)(C)[Si](C)(C)OC(CNCc1cc2nnn(CCCN3CC4(CC(OC(=O)[C@@](O)(c5cccs5)c5ccc(-c6ccccc6)s5)C4)C3)c2c2c1CCC2)c1ccc(O)c2c1CCCC2. The van der Waals surface area contributed by atoms with Crippen molar-refractivity contribution in [1.82, 2.24) is 25.2 Å². The number of nitrogens with zero attached hydrogens (tertiary/aromatic N) is 4. The monoisotopic (exact) mass is 943 g/mol. The van der Waals surface area contributed by atoms with Crippen LogP contribution in [0.25, 0.3) is 21.5 Å². The van der Waals surface area contributed by atoms with Crippen LogP contribution in [0.2, 0.25) is 18.1 Å². The molecule has 0 radical (unpaired) electrons. The molecule has 1 unspecified atom stereocenters. The molecule has 1 spiro atoms. The minimum Gasteiger partial charge on any atom is -0.508 e. The van der Waals surface area contributed by atoms with Crippen LogP contribution in [0.3, 0.4) is 0 Å². The van der Waals surface area contributed by atoms with Gasteiger partial charge in [0.15, 0.2) is 8.32 Å². The number of hydrogen-bond donors (Lipinski definition) is 3. The summed E-state index contributed by atoms with van der Waals surface area (Å²) in [5, 5.41) is 38.1. The minimum absolute atomic E-state index is 0.0795. The van der Waals surface area contributed by atoms with E-state index in [0.29, 0.717) is 22.0 Å². The van der Waals surface area contributed by atoms with Crippen molar-refractivity contribution in [3.8, 4) is 16.2 Å². The first-order valence-corrected chi connectivity index (χ1v) is 28.8. The Labute approximate surface area is 398 Å². The van der Waals surface area contributed by atoms with E-state index in [0.717, 1.165) is 118 Å². The molecular formula is C53H65N5O5S2Si. The van der Waals surface area contributed by atoms with Crippen molar-refractivity contribution in [2.45, 2.75) is 134 Å². The van der Waals surface area contributed by atoms with Crippen LogP contribution >= 0.6 is 22.7 Å². The van der Waals surface area contributed by atoms with Crippen molar-refractivity contribution in [2.75, 3.05) is 26.2 Å². The summed E-state index contributed by atoms with van der Waals surface area (Å²) in [6.45, 7) is 16.9. The Bertz CT molecular complexity index is 2690. The molecule has 348 valence electrons. The minimum atomic E-state index is -2.10. The second-order valence-corrected chi connectivity index (χ2v) is 27.9. The van der Waals surface area contributed by atoms with Crippen LogP contribution in [0.1, 0.15) is 109 Å². The van der Waals surface area contributed by atoms with Gasteiger partial charge in [0, 0.05) is 43.0 Å². The molecule has 13 heteroatoms. The number of carbonyl (C=O) groups is 1. The van der Waals surface area contributed by atoms with Gasteiger partial charge in [-0.1, -0.05) is 68.4 Å². The van der Waals surface area contributed by atoms with Gasteiger partial charge in [0.2, 0.25) is 5.60 Å². The van der Waals surface area contributed by atoms with Crippen molar-refractivity contribution in [2.24, 2.45) is 5.41 Å². The molecule has 66 heavy (non-hydrogen) atoms. The molecule has 4 aliphatic rings. The molecule has 0 bridgehead atoms. The smallest absolute Gasteiger partial charge is 0.349 e. The number of aromatic nitrogens is 3. The summed E-state index contributed by atoms with van der Waals surface area (Å²) in [4.78, 5) is 18.5. The summed E-state index contributed by atoms with van der Waals surface area (Å²) in [6.07, 6.45) is 9.83. The molecule has 0 amide bonds. The van der Waals surface area contributed by atoms with Crippen molar-refractivity contribution < 1.29 is 24.2 Å². The number of fused-ring (bicyclic) bond motifs is 4. The van der Waals surface area contributed by atoms with Crippen molar-refractivity contribution >= 4 is 48.0 Å². The third-order valence-corrected chi connectivity index (χ3v) is 22.2. The molecule has 2 atom stereocenters. The molecule has 3 aliphatic carbocycles. The predicted octanol–water partition coefficient (Wildman–Crippen LogP) is 10.5. The van der Waals surface area contributed by atoms with Crippen LogP contribution in [-0.4, -0.2) is 76.7 Å². The summed E-state index contributed by atoms with van der Waals surface area (Å²) in [6, 6.07) is 23.9. The van der Waals surface area contributed by atoms with Crippen molar-refractivity contribution in [3.63, 3.8) is 0 Å². The average molecular weight is 944 g/mol. The molecule has 3 N–H and O–H groups in total. The largest absolute Gasteiger partial charge is 0.508 e. The number of nitrogens with one attached hydrogen (secondary N) is 1. The number of likely N-dealkylation sites (tertiary alicyclic amines) is 1. The third-order valence-electron chi connectivity index (χ3n) is 15.5. The van der Waals surface area contributed by atoms with E-state index >= 15 is 0 Å². The van der Waals surface area contributed by atoms with E-state index in [1.54, 1.807) is 0 Å². The average Bonchev–Trinajstić information content (AvgIpc) is 4.12. The zero-order valence-corrected chi connectivity index (χ0v) is 41.8. The predicted molar refractivity (Wildman–Crippen MR) is 267 cm³/mol.